The van der Waals surface area contributed by atoms with Crippen molar-refractivity contribution in [2.24, 2.45) is 0 Å². The van der Waals surface area contributed by atoms with Crippen molar-refractivity contribution in [1.82, 2.24) is 0 Å². The quantitative estimate of drug-likeness (QED) is 0.278. The number of hydrogen-bond donors (Lipinski definition) is 0. The molecular weight excluding hydrogens is 590 g/mol. The smallest absolute Gasteiger partial charge is 0.166 e. The molecule has 14 heteroatoms. The second-order valence-electron chi connectivity index (χ2n) is 5.71. The van der Waals surface area contributed by atoms with E-state index in [0.717, 1.165) is 0 Å². The normalized spacial score (nSPS) is 13.2. The van der Waals surface area contributed by atoms with Gasteiger partial charge in [0.25, 0.3) is 0 Å². The molecule has 1 radical (unpaired) electrons. The van der Waals surface area contributed by atoms with Crippen LogP contribution in [-0.4, -0.2) is 0 Å². The Balaban J connectivity index is 0.00000450. The van der Waals surface area contributed by atoms with Gasteiger partial charge >= 0.3 is 24.7 Å². The third-order valence-electron chi connectivity index (χ3n) is 3.46. The maximum atomic E-state index is 12.9. The zero-order valence-corrected chi connectivity index (χ0v) is 18.7. The molecule has 163 valence electrons. The van der Waals surface area contributed by atoms with Crippen LogP contribution in [0.4, 0.5) is 52.7 Å². The minimum absolute atomic E-state index is 0. The summed E-state index contributed by atoms with van der Waals surface area (Å²) < 4.78 is 154. The molecule has 0 N–H and O–H groups in total. The Labute approximate surface area is 190 Å². The Morgan fingerprint density at radius 1 is 0.400 bits per heavy atom. The Morgan fingerprint density at radius 2 is 0.600 bits per heavy atom. The number of alkyl halides is 12. The first-order valence-corrected chi connectivity index (χ1v) is 8.23. The minimum Gasteiger partial charge on any atom is -0.166 e. The first kappa shape index (κ1) is 27.3. The molecule has 2 aromatic rings. The van der Waals surface area contributed by atoms with Gasteiger partial charge in [0, 0.05) is 35.6 Å². The van der Waals surface area contributed by atoms with Crippen molar-refractivity contribution < 1.29 is 88.3 Å². The Morgan fingerprint density at radius 3 is 0.767 bits per heavy atom. The van der Waals surface area contributed by atoms with E-state index in [9.17, 15) is 52.7 Å². The monoisotopic (exact) mass is 597 g/mol. The molecule has 2 aromatic carbocycles. The Kier molecular flexibility index (Phi) is 8.17. The van der Waals surface area contributed by atoms with Gasteiger partial charge < -0.3 is 0 Å². The largest absolute Gasteiger partial charge is 0.416 e. The molecule has 0 saturated heterocycles. The topological polar surface area (TPSA) is 0 Å². The van der Waals surface area contributed by atoms with Gasteiger partial charge in [-0.1, -0.05) is 8.58 Å². The summed E-state index contributed by atoms with van der Waals surface area (Å²) in [6, 6.07) is 0.618. The summed E-state index contributed by atoms with van der Waals surface area (Å²) in [7, 11) is -1.32. The molecular formula is C16H7F12LaP. The fourth-order valence-electron chi connectivity index (χ4n) is 2.22. The van der Waals surface area contributed by atoms with Crippen LogP contribution in [0.2, 0.25) is 0 Å². The van der Waals surface area contributed by atoms with Crippen molar-refractivity contribution >= 4 is 19.2 Å². The van der Waals surface area contributed by atoms with E-state index < -0.39 is 66.1 Å². The summed E-state index contributed by atoms with van der Waals surface area (Å²) >= 11 is 0. The van der Waals surface area contributed by atoms with Gasteiger partial charge in [-0.2, -0.15) is 52.7 Å². The second-order valence-corrected chi connectivity index (χ2v) is 7.12. The predicted octanol–water partition coefficient (Wildman–Crippen LogP) is 6.39. The number of rotatable bonds is 2. The van der Waals surface area contributed by atoms with Crippen molar-refractivity contribution in [2.75, 3.05) is 0 Å². The average molecular weight is 597 g/mol. The Bertz CT molecular complexity index is 755. The summed E-state index contributed by atoms with van der Waals surface area (Å²) in [5, 5.41) is -1.45. The van der Waals surface area contributed by atoms with E-state index in [1.165, 1.54) is 0 Å². The molecule has 0 amide bonds. The van der Waals surface area contributed by atoms with E-state index >= 15 is 0 Å². The average Bonchev–Trinajstić information content (AvgIpc) is 2.51. The zero-order valence-electron chi connectivity index (χ0n) is 14.1. The van der Waals surface area contributed by atoms with Gasteiger partial charge in [-0.05, 0) is 47.0 Å². The van der Waals surface area contributed by atoms with Gasteiger partial charge in [-0.15, -0.1) is 0 Å². The zero-order chi connectivity index (χ0) is 22.4. The van der Waals surface area contributed by atoms with E-state index in [1.54, 1.807) is 0 Å². The van der Waals surface area contributed by atoms with Crippen LogP contribution in [0.25, 0.3) is 0 Å². The first-order valence-electron chi connectivity index (χ1n) is 7.23. The molecule has 0 aromatic heterocycles. The third kappa shape index (κ3) is 7.14. The summed E-state index contributed by atoms with van der Waals surface area (Å²) in [5.74, 6) is 0. The van der Waals surface area contributed by atoms with E-state index in [-0.39, 0.29) is 72.0 Å². The second kappa shape index (κ2) is 9.00. The van der Waals surface area contributed by atoms with Crippen molar-refractivity contribution in [3.8, 4) is 0 Å². The maximum Gasteiger partial charge on any atom is 0.416 e. The van der Waals surface area contributed by atoms with E-state index in [0.29, 0.717) is 0 Å². The molecule has 0 atom stereocenters. The van der Waals surface area contributed by atoms with Gasteiger partial charge in [0.1, 0.15) is 0 Å². The summed E-state index contributed by atoms with van der Waals surface area (Å²) in [4.78, 5) is 0. The predicted molar refractivity (Wildman–Crippen MR) is 80.5 cm³/mol. The molecule has 0 fully saturated rings. The van der Waals surface area contributed by atoms with Gasteiger partial charge in [0.15, 0.2) is 0 Å². The van der Waals surface area contributed by atoms with Crippen LogP contribution < -0.4 is 10.6 Å². The molecule has 0 aliphatic carbocycles. The summed E-state index contributed by atoms with van der Waals surface area (Å²) in [5.41, 5.74) is -6.90. The number of benzene rings is 2. The summed E-state index contributed by atoms with van der Waals surface area (Å²) in [6.07, 6.45) is -20.8. The SMILES string of the molecule is FC(F)(F)c1cc(Pc2cc(C(F)(F)F)cc(C(F)(F)F)c2)cc(C(F)(F)F)c1.[La]. The molecule has 0 unspecified atom stereocenters. The molecule has 2 rings (SSSR count). The van der Waals surface area contributed by atoms with Crippen molar-refractivity contribution in [3.63, 3.8) is 0 Å². The third-order valence-corrected chi connectivity index (χ3v) is 4.62. The minimum atomic E-state index is -5.20. The molecule has 0 saturated carbocycles. The van der Waals surface area contributed by atoms with E-state index in [2.05, 4.69) is 0 Å². The summed E-state index contributed by atoms with van der Waals surface area (Å²) in [6.45, 7) is 0. The van der Waals surface area contributed by atoms with Gasteiger partial charge in [0.05, 0.1) is 22.3 Å². The molecule has 0 spiro atoms. The fraction of sp³-hybridized carbons (Fsp3) is 0.250. The van der Waals surface area contributed by atoms with Crippen molar-refractivity contribution in [1.29, 1.82) is 0 Å². The molecule has 0 nitrogen and oxygen atoms in total. The van der Waals surface area contributed by atoms with Gasteiger partial charge in [-0.25, -0.2) is 0 Å². The van der Waals surface area contributed by atoms with Crippen LogP contribution in [0.15, 0.2) is 36.4 Å². The standard InChI is InChI=1S/C16H7F12P.La/c17-13(18,19)7-1-8(14(20,21)22)4-11(3-7)29-12-5-9(15(23,24)25)2-10(6-12)16(26,27)28;/h1-6,29H;. The van der Waals surface area contributed by atoms with E-state index in [4.69, 9.17) is 0 Å². The number of halogens is 12. The van der Waals surface area contributed by atoms with Crippen LogP contribution in [0, 0.1) is 35.6 Å². The van der Waals surface area contributed by atoms with Crippen LogP contribution in [-0.2, 0) is 24.7 Å². The Hall–Kier alpha value is -0.775. The van der Waals surface area contributed by atoms with Gasteiger partial charge in [-0.3, -0.25) is 0 Å². The molecule has 0 heterocycles. The van der Waals surface area contributed by atoms with Crippen molar-refractivity contribution in [2.45, 2.75) is 24.7 Å². The molecule has 0 aliphatic rings. The fourth-order valence-corrected chi connectivity index (χ4v) is 3.46. The first-order chi connectivity index (χ1) is 12.9. The van der Waals surface area contributed by atoms with Gasteiger partial charge in [0.2, 0.25) is 0 Å². The van der Waals surface area contributed by atoms with Crippen molar-refractivity contribution in [3.05, 3.63) is 58.7 Å². The van der Waals surface area contributed by atoms with E-state index in [1.807, 2.05) is 0 Å². The van der Waals surface area contributed by atoms with Crippen LogP contribution in [0.3, 0.4) is 0 Å². The number of hydrogen-bond acceptors (Lipinski definition) is 0. The maximum absolute atomic E-state index is 12.9. The van der Waals surface area contributed by atoms with Crippen LogP contribution in [0.1, 0.15) is 22.3 Å². The van der Waals surface area contributed by atoms with Crippen LogP contribution >= 0.6 is 8.58 Å². The van der Waals surface area contributed by atoms with Crippen LogP contribution in [0.5, 0.6) is 0 Å². The molecule has 30 heavy (non-hydrogen) atoms. The molecule has 0 aliphatic heterocycles. The molecule has 0 bridgehead atoms.